The topological polar surface area (TPSA) is 16.3 Å². The average Bonchev–Trinajstić information content (AvgIpc) is 1.69. The van der Waals surface area contributed by atoms with Crippen LogP contribution in [-0.4, -0.2) is 15.8 Å². The summed E-state index contributed by atoms with van der Waals surface area (Å²) in [5.74, 6) is 0. The maximum Gasteiger partial charge on any atom is 0.252 e. The highest BCUT2D eigenvalue weighted by atomic mass is 15.2. The molecule has 0 N–H and O–H groups in total. The first-order valence-corrected chi connectivity index (χ1v) is 45.2. The summed E-state index contributed by atoms with van der Waals surface area (Å²) in [6.45, 7) is 5.87. The number of rotatable bonds is 13. The van der Waals surface area contributed by atoms with Gasteiger partial charge in [0.25, 0.3) is 6.71 Å². The first-order valence-electron chi connectivity index (χ1n) is 52.2. The Hall–Kier alpha value is -16.9. The van der Waals surface area contributed by atoms with Crippen molar-refractivity contribution in [1.82, 2.24) is 9.13 Å². The van der Waals surface area contributed by atoms with E-state index >= 15 is 0 Å². The Kier molecular flexibility index (Phi) is 14.9. The Bertz CT molecular complexity index is 9600. The number of para-hydroxylation sites is 3. The van der Waals surface area contributed by atoms with E-state index in [0.29, 0.717) is 33.9 Å². The second-order valence-corrected chi connectivity index (χ2v) is 35.9. The van der Waals surface area contributed by atoms with E-state index in [0.717, 1.165) is 166 Å². The first kappa shape index (κ1) is 64.0. The lowest BCUT2D eigenvalue weighted by Gasteiger charge is -2.46. The van der Waals surface area contributed by atoms with Crippen LogP contribution in [-0.2, 0) is 5.41 Å². The molecule has 4 heterocycles. The maximum absolute atomic E-state index is 11.0. The highest BCUT2D eigenvalue weighted by Crippen LogP contribution is 2.56. The number of hydrogen-bond acceptors (Lipinski definition) is 2. The Morgan fingerprint density at radius 3 is 1.02 bits per heavy atom. The average molecular weight is 1710 g/mol. The minimum absolute atomic E-state index is 0.00319. The molecule has 4 nitrogen and oxygen atoms in total. The lowest BCUT2D eigenvalue weighted by Crippen LogP contribution is -2.61. The monoisotopic (exact) mass is 1700 g/mol. The summed E-state index contributed by atoms with van der Waals surface area (Å²) < 4.78 is 146. The summed E-state index contributed by atoms with van der Waals surface area (Å²) in [4.78, 5) is 4.84. The Morgan fingerprint density at radius 1 is 0.226 bits per heavy atom. The second kappa shape index (κ2) is 31.0. The van der Waals surface area contributed by atoms with Crippen LogP contribution in [0.25, 0.3) is 198 Å². The predicted molar refractivity (Wildman–Crippen MR) is 567 cm³/mol. The van der Waals surface area contributed by atoms with Gasteiger partial charge in [-0.25, -0.2) is 0 Å². The fourth-order valence-electron chi connectivity index (χ4n) is 20.9. The summed E-state index contributed by atoms with van der Waals surface area (Å²) in [5, 5.41) is 8.44. The number of benzene rings is 22. The van der Waals surface area contributed by atoms with Crippen LogP contribution in [0.3, 0.4) is 0 Å². The zero-order valence-electron chi connectivity index (χ0n) is 86.8. The molecule has 0 fully saturated rings. The second-order valence-electron chi connectivity index (χ2n) is 35.9. The van der Waals surface area contributed by atoms with Gasteiger partial charge in [0, 0.05) is 77.9 Å². The summed E-state index contributed by atoms with van der Waals surface area (Å²) >= 11 is 0. The maximum atomic E-state index is 11.0. The van der Waals surface area contributed by atoms with Crippen LogP contribution < -0.4 is 26.2 Å². The highest BCUT2D eigenvalue weighted by Gasteiger charge is 2.47. The molecule has 2 aliphatic heterocycles. The zero-order chi connectivity index (χ0) is 100. The summed E-state index contributed by atoms with van der Waals surface area (Å²) in [7, 11) is 0. The van der Waals surface area contributed by atoms with Crippen molar-refractivity contribution in [1.29, 1.82) is 0 Å². The molecule has 0 spiro atoms. The summed E-state index contributed by atoms with van der Waals surface area (Å²) in [5.41, 5.74) is 21.3. The van der Waals surface area contributed by atoms with Crippen molar-refractivity contribution in [2.45, 2.75) is 26.2 Å². The first-order chi connectivity index (χ1) is 71.4. The molecule has 2 aromatic heterocycles. The van der Waals surface area contributed by atoms with E-state index in [9.17, 15) is 19.2 Å². The standard InChI is InChI=1S/C128H87BN4/c1-128(2,3)100-78-123-125-124(79-100)133(127-113(85-36-15-7-16-37-85)74-99(84-34-13-6-14-35-84)75-114(127)86-38-17-8-18-39-86)122-81-102(131-118-53-26-24-49-108(118)110-67-63-96(77-120(110)131)94-45-28-43-92(71-94)83-32-11-5-12-33-83)65-69-116(122)129(125)115-68-64-101(130-117-52-25-23-48-107(117)109-66-62-95(76-119(109)130)93-44-27-42-91(70-93)82-30-9-4-10-31-82)80-121(115)132(123)126-105(97-60-58-89-56-54-87-40-19-21-46-103(87)111(89)72-97)50-29-51-106(126)98-61-59-90-57-55-88-41-20-22-47-104(88)112(90)73-98/h4-81H,1-3H3/i23D,24D,25D,26D,48D,49D,52D,53D,62D,63D,66D,67D,76D,77D. The molecule has 5 heteroatoms. The van der Waals surface area contributed by atoms with Crippen molar-refractivity contribution in [3.05, 3.63) is 478 Å². The minimum atomic E-state index is -0.809. The van der Waals surface area contributed by atoms with Gasteiger partial charge in [0.2, 0.25) is 0 Å². The molecular formula is C128H87BN4. The molecule has 26 rings (SSSR count). The molecule has 0 bridgehead atoms. The number of hydrogen-bond donors (Lipinski definition) is 0. The molecule has 0 atom stereocenters. The molecule has 22 aromatic carbocycles. The fraction of sp³-hybridized carbons (Fsp3) is 0.0312. The molecule has 0 aliphatic carbocycles. The largest absolute Gasteiger partial charge is 0.310 e. The number of aromatic nitrogens is 2. The number of anilines is 6. The molecular weight excluding hydrogens is 1600 g/mol. The third-order valence-electron chi connectivity index (χ3n) is 27.2. The molecule has 0 saturated heterocycles. The van der Waals surface area contributed by atoms with Gasteiger partial charge >= 0.3 is 0 Å². The lowest BCUT2D eigenvalue weighted by molar-refractivity contribution is 0.590. The van der Waals surface area contributed by atoms with Crippen LogP contribution in [0.15, 0.2) is 473 Å². The van der Waals surface area contributed by atoms with E-state index in [-0.39, 0.29) is 91.0 Å². The quantitative estimate of drug-likeness (QED) is 0.0845. The van der Waals surface area contributed by atoms with Gasteiger partial charge in [-0.2, -0.15) is 0 Å². The van der Waals surface area contributed by atoms with Crippen LogP contribution in [0, 0.1) is 0 Å². The highest BCUT2D eigenvalue weighted by molar-refractivity contribution is 7.00. The van der Waals surface area contributed by atoms with Gasteiger partial charge in [-0.3, -0.25) is 0 Å². The summed E-state index contributed by atoms with van der Waals surface area (Å²) in [6.07, 6.45) is 0. The Labute approximate surface area is 793 Å². The van der Waals surface area contributed by atoms with E-state index in [1.807, 2.05) is 140 Å². The smallest absolute Gasteiger partial charge is 0.252 e. The van der Waals surface area contributed by atoms with Gasteiger partial charge in [-0.05, 0) is 245 Å². The van der Waals surface area contributed by atoms with Gasteiger partial charge in [0.1, 0.15) is 0 Å². The normalized spacial score (nSPS) is 13.9. The molecule has 622 valence electrons. The van der Waals surface area contributed by atoms with Crippen molar-refractivity contribution >= 4 is 144 Å². The SMILES string of the molecule is [2H]c1c([2H])c([2H])c2c(c1[2H])c1c([2H])c([2H])c(-c3cccc(-c4ccccc4)c3)c([2H])c1n2-c1ccc2c(c1)N(c1c(-c3ccc4ccc5ccccc5c4c3)cccc1-c1ccc3ccc4ccccc4c3c1)c1cc(C(C)(C)C)cc3c1B2c1ccc(-n2c4c([2H])c([2H])c([2H])c([2H])c4c4c([2H])c([2H])c(-c5cccc(-c6ccccc6)c5)c([2H])c42)cc1N3c1c(-c2ccccc2)cc(-c2ccccc2)cc1-c1ccccc1. The van der Waals surface area contributed by atoms with Crippen LogP contribution >= 0.6 is 0 Å². The van der Waals surface area contributed by atoms with Gasteiger partial charge in [-0.1, -0.05) is 397 Å². The van der Waals surface area contributed by atoms with E-state index in [1.165, 1.54) is 0 Å². The van der Waals surface area contributed by atoms with Gasteiger partial charge < -0.3 is 18.9 Å². The van der Waals surface area contributed by atoms with Crippen LogP contribution in [0.2, 0.25) is 0 Å². The van der Waals surface area contributed by atoms with Gasteiger partial charge in [0.15, 0.2) is 0 Å². The van der Waals surface area contributed by atoms with Crippen LogP contribution in [0.1, 0.15) is 45.5 Å². The van der Waals surface area contributed by atoms with Crippen molar-refractivity contribution in [2.24, 2.45) is 0 Å². The molecule has 133 heavy (non-hydrogen) atoms. The zero-order valence-corrected chi connectivity index (χ0v) is 72.8. The van der Waals surface area contributed by atoms with Crippen LogP contribution in [0.5, 0.6) is 0 Å². The van der Waals surface area contributed by atoms with Crippen LogP contribution in [0.4, 0.5) is 34.1 Å². The molecule has 2 aliphatic rings. The van der Waals surface area contributed by atoms with Crippen molar-refractivity contribution in [2.75, 3.05) is 9.80 Å². The van der Waals surface area contributed by atoms with E-state index in [2.05, 4.69) is 279 Å². The summed E-state index contributed by atoms with van der Waals surface area (Å²) in [6, 6.07) is 128. The van der Waals surface area contributed by atoms with Crippen molar-refractivity contribution < 1.29 is 19.2 Å². The van der Waals surface area contributed by atoms with Crippen molar-refractivity contribution in [3.63, 3.8) is 0 Å². The molecule has 0 saturated carbocycles. The lowest BCUT2D eigenvalue weighted by atomic mass is 9.33. The fourth-order valence-corrected chi connectivity index (χ4v) is 20.9. The van der Waals surface area contributed by atoms with E-state index < -0.39 is 60.5 Å². The minimum Gasteiger partial charge on any atom is -0.310 e. The van der Waals surface area contributed by atoms with Crippen molar-refractivity contribution in [3.8, 4) is 112 Å². The molecule has 24 aromatic rings. The molecule has 0 amide bonds. The predicted octanol–water partition coefficient (Wildman–Crippen LogP) is 32.9. The molecule has 0 radical (unpaired) electrons. The van der Waals surface area contributed by atoms with E-state index in [1.54, 1.807) is 9.13 Å². The third-order valence-corrected chi connectivity index (χ3v) is 27.2. The third kappa shape index (κ3) is 12.8. The van der Waals surface area contributed by atoms with E-state index in [4.69, 9.17) is 0 Å². The molecule has 0 unspecified atom stereocenters. The number of fused-ring (bicyclic) bond motifs is 16. The Balaban J connectivity index is 0.846. The van der Waals surface area contributed by atoms with Gasteiger partial charge in [-0.15, -0.1) is 0 Å². The number of nitrogens with zero attached hydrogens (tertiary/aromatic N) is 4. The Morgan fingerprint density at radius 2 is 0.579 bits per heavy atom. The van der Waals surface area contributed by atoms with Gasteiger partial charge in [0.05, 0.1) is 52.6 Å².